The summed E-state index contributed by atoms with van der Waals surface area (Å²) in [5.41, 5.74) is 1.05. The molecule has 1 amide bonds. The molecular formula is C27H37NO3. The van der Waals surface area contributed by atoms with Crippen molar-refractivity contribution >= 4 is 11.7 Å². The molecule has 31 heavy (non-hydrogen) atoms. The Balaban J connectivity index is 1.31. The number of rotatable bonds is 10. The lowest BCUT2D eigenvalue weighted by molar-refractivity contribution is -0.126. The standard InChI is InChI=1S/C27H37NO3/c1-19(10-12-20-6-3-2-4-7-20)11-15-23-24(29)18-25(30)27(23)17-16-21(27)8-5-9-26(31)28-22-13-14-22/h2-4,6-7,11,15,19,21-23,25,30H,5,8-10,12-14,16-18H2,1H3,(H,28,31)/b15-11+/t19-,21?,23-,25-,27?/m0/s1. The molecule has 3 saturated carbocycles. The minimum atomic E-state index is -0.534. The van der Waals surface area contributed by atoms with Gasteiger partial charge in [-0.25, -0.2) is 0 Å². The van der Waals surface area contributed by atoms with Gasteiger partial charge in [-0.05, 0) is 68.8 Å². The van der Waals surface area contributed by atoms with Crippen molar-refractivity contribution in [3.8, 4) is 0 Å². The number of aliphatic hydroxyl groups is 1. The fraction of sp³-hybridized carbons (Fsp3) is 0.630. The number of hydrogen-bond acceptors (Lipinski definition) is 3. The number of carbonyl (C=O) groups excluding carboxylic acids is 2. The molecule has 0 aromatic heterocycles. The fourth-order valence-corrected chi connectivity index (χ4v) is 5.72. The second-order valence-electron chi connectivity index (χ2n) is 10.1. The third kappa shape index (κ3) is 5.11. The van der Waals surface area contributed by atoms with Crippen molar-refractivity contribution < 1.29 is 14.7 Å². The summed E-state index contributed by atoms with van der Waals surface area (Å²) in [5, 5.41) is 13.9. The van der Waals surface area contributed by atoms with Crippen LogP contribution in [0.1, 0.15) is 70.3 Å². The SMILES string of the molecule is C[C@H](/C=C/[C@H]1C(=O)C[C@H](O)C12CCC2CCCC(=O)NC1CC1)CCc1ccccc1. The molecule has 3 fully saturated rings. The average Bonchev–Trinajstić information content (AvgIpc) is 3.51. The van der Waals surface area contributed by atoms with Crippen LogP contribution in [0.4, 0.5) is 0 Å². The normalized spacial score (nSPS) is 31.2. The quantitative estimate of drug-likeness (QED) is 0.540. The third-order valence-electron chi connectivity index (χ3n) is 7.89. The molecule has 3 aliphatic rings. The second-order valence-corrected chi connectivity index (χ2v) is 10.1. The molecule has 1 spiro atoms. The first kappa shape index (κ1) is 22.3. The number of aryl methyl sites for hydroxylation is 1. The van der Waals surface area contributed by atoms with Gasteiger partial charge in [0.1, 0.15) is 5.78 Å². The predicted molar refractivity (Wildman–Crippen MR) is 122 cm³/mol. The molecule has 168 valence electrons. The van der Waals surface area contributed by atoms with Gasteiger partial charge in [0, 0.05) is 30.2 Å². The van der Waals surface area contributed by atoms with Gasteiger partial charge in [0.25, 0.3) is 0 Å². The maximum atomic E-state index is 12.8. The number of carbonyl (C=O) groups is 2. The Kier molecular flexibility index (Phi) is 6.95. The van der Waals surface area contributed by atoms with E-state index in [1.54, 1.807) is 0 Å². The molecule has 1 aromatic carbocycles. The fourth-order valence-electron chi connectivity index (χ4n) is 5.72. The summed E-state index contributed by atoms with van der Waals surface area (Å²) in [7, 11) is 0. The molecule has 0 saturated heterocycles. The Morgan fingerprint density at radius 1 is 1.26 bits per heavy atom. The zero-order chi connectivity index (χ0) is 21.8. The first-order valence-electron chi connectivity index (χ1n) is 12.2. The highest BCUT2D eigenvalue weighted by Gasteiger charge is 2.61. The average molecular weight is 424 g/mol. The summed E-state index contributed by atoms with van der Waals surface area (Å²) in [6.45, 7) is 2.21. The van der Waals surface area contributed by atoms with E-state index in [0.717, 1.165) is 51.4 Å². The molecule has 5 atom stereocenters. The summed E-state index contributed by atoms with van der Waals surface area (Å²) in [5.74, 6) is 0.919. The molecule has 1 aromatic rings. The van der Waals surface area contributed by atoms with E-state index in [9.17, 15) is 14.7 Å². The van der Waals surface area contributed by atoms with Crippen LogP contribution in [0.25, 0.3) is 0 Å². The molecule has 4 nitrogen and oxygen atoms in total. The maximum Gasteiger partial charge on any atom is 0.220 e. The summed E-state index contributed by atoms with van der Waals surface area (Å²) in [6.07, 6.45) is 12.7. The van der Waals surface area contributed by atoms with Crippen LogP contribution in [-0.4, -0.2) is 28.9 Å². The van der Waals surface area contributed by atoms with Gasteiger partial charge in [0.2, 0.25) is 5.91 Å². The minimum absolute atomic E-state index is 0.155. The molecule has 0 bridgehead atoms. The molecule has 0 heterocycles. The van der Waals surface area contributed by atoms with E-state index in [2.05, 4.69) is 48.7 Å². The molecule has 0 radical (unpaired) electrons. The van der Waals surface area contributed by atoms with Crippen LogP contribution in [0, 0.1) is 23.2 Å². The highest BCUT2D eigenvalue weighted by Crippen LogP contribution is 2.61. The van der Waals surface area contributed by atoms with E-state index in [1.807, 2.05) is 6.07 Å². The lowest BCUT2D eigenvalue weighted by Crippen LogP contribution is -2.50. The van der Waals surface area contributed by atoms with Gasteiger partial charge in [-0.15, -0.1) is 0 Å². The van der Waals surface area contributed by atoms with Crippen molar-refractivity contribution in [1.82, 2.24) is 5.32 Å². The number of Topliss-reactive ketones (excluding diaryl/α,β-unsaturated/α-hetero) is 1. The Morgan fingerprint density at radius 2 is 2.03 bits per heavy atom. The van der Waals surface area contributed by atoms with Gasteiger partial charge in [-0.2, -0.15) is 0 Å². The molecule has 4 rings (SSSR count). The van der Waals surface area contributed by atoms with Crippen LogP contribution in [-0.2, 0) is 16.0 Å². The van der Waals surface area contributed by atoms with E-state index < -0.39 is 6.10 Å². The largest absolute Gasteiger partial charge is 0.392 e. The van der Waals surface area contributed by atoms with Gasteiger partial charge < -0.3 is 10.4 Å². The number of nitrogens with one attached hydrogen (secondary N) is 1. The van der Waals surface area contributed by atoms with Gasteiger partial charge in [-0.3, -0.25) is 9.59 Å². The Bertz CT molecular complexity index is 800. The Labute approximate surface area is 186 Å². The van der Waals surface area contributed by atoms with Crippen LogP contribution in [0.2, 0.25) is 0 Å². The van der Waals surface area contributed by atoms with Crippen LogP contribution < -0.4 is 5.32 Å². The zero-order valence-electron chi connectivity index (χ0n) is 18.8. The van der Waals surface area contributed by atoms with E-state index in [4.69, 9.17) is 0 Å². The van der Waals surface area contributed by atoms with Gasteiger partial charge in [-0.1, -0.05) is 49.4 Å². The van der Waals surface area contributed by atoms with Crippen molar-refractivity contribution in [2.24, 2.45) is 23.2 Å². The number of allylic oxidation sites excluding steroid dienone is 2. The smallest absolute Gasteiger partial charge is 0.220 e. The van der Waals surface area contributed by atoms with Crippen LogP contribution in [0.3, 0.4) is 0 Å². The summed E-state index contributed by atoms with van der Waals surface area (Å²) < 4.78 is 0. The van der Waals surface area contributed by atoms with Crippen molar-refractivity contribution in [2.75, 3.05) is 0 Å². The monoisotopic (exact) mass is 423 g/mol. The Hall–Kier alpha value is -1.94. The Morgan fingerprint density at radius 3 is 2.71 bits per heavy atom. The van der Waals surface area contributed by atoms with Crippen LogP contribution in [0.15, 0.2) is 42.5 Å². The summed E-state index contributed by atoms with van der Waals surface area (Å²) in [6, 6.07) is 10.9. The predicted octanol–water partition coefficient (Wildman–Crippen LogP) is 4.61. The van der Waals surface area contributed by atoms with E-state index >= 15 is 0 Å². The molecule has 4 heteroatoms. The number of benzene rings is 1. The summed E-state index contributed by atoms with van der Waals surface area (Å²) >= 11 is 0. The van der Waals surface area contributed by atoms with Crippen molar-refractivity contribution in [3.63, 3.8) is 0 Å². The van der Waals surface area contributed by atoms with Gasteiger partial charge in [0.05, 0.1) is 6.10 Å². The lowest BCUT2D eigenvalue weighted by atomic mass is 9.52. The topological polar surface area (TPSA) is 66.4 Å². The first-order valence-corrected chi connectivity index (χ1v) is 12.2. The van der Waals surface area contributed by atoms with Crippen LogP contribution in [0.5, 0.6) is 0 Å². The maximum absolute atomic E-state index is 12.8. The number of aliphatic hydroxyl groups excluding tert-OH is 1. The number of ketones is 1. The number of amides is 1. The lowest BCUT2D eigenvalue weighted by Gasteiger charge is -2.52. The highest BCUT2D eigenvalue weighted by molar-refractivity contribution is 5.87. The molecular weight excluding hydrogens is 386 g/mol. The molecule has 3 aliphatic carbocycles. The second kappa shape index (κ2) is 9.68. The first-order chi connectivity index (χ1) is 15.0. The number of hydrogen-bond donors (Lipinski definition) is 2. The van der Waals surface area contributed by atoms with Crippen molar-refractivity contribution in [2.45, 2.75) is 83.3 Å². The van der Waals surface area contributed by atoms with E-state index in [0.29, 0.717) is 24.3 Å². The third-order valence-corrected chi connectivity index (χ3v) is 7.89. The molecule has 2 unspecified atom stereocenters. The minimum Gasteiger partial charge on any atom is -0.392 e. The van der Waals surface area contributed by atoms with E-state index in [1.165, 1.54) is 5.56 Å². The molecule has 2 N–H and O–H groups in total. The van der Waals surface area contributed by atoms with Crippen LogP contribution >= 0.6 is 0 Å². The van der Waals surface area contributed by atoms with E-state index in [-0.39, 0.29) is 29.4 Å². The summed E-state index contributed by atoms with van der Waals surface area (Å²) in [4.78, 5) is 24.8. The zero-order valence-corrected chi connectivity index (χ0v) is 18.8. The van der Waals surface area contributed by atoms with Gasteiger partial charge in [0.15, 0.2) is 0 Å². The van der Waals surface area contributed by atoms with Gasteiger partial charge >= 0.3 is 0 Å². The van der Waals surface area contributed by atoms with Crippen molar-refractivity contribution in [1.29, 1.82) is 0 Å². The highest BCUT2D eigenvalue weighted by atomic mass is 16.3. The van der Waals surface area contributed by atoms with Crippen molar-refractivity contribution in [3.05, 3.63) is 48.0 Å². The molecule has 0 aliphatic heterocycles.